The summed E-state index contributed by atoms with van der Waals surface area (Å²) < 4.78 is 5.46. The number of ether oxygens (including phenoxy) is 1. The highest BCUT2D eigenvalue weighted by Crippen LogP contribution is 2.36. The van der Waals surface area contributed by atoms with Gasteiger partial charge in [-0.2, -0.15) is 0 Å². The van der Waals surface area contributed by atoms with Crippen LogP contribution in [-0.4, -0.2) is 19.1 Å². The lowest BCUT2D eigenvalue weighted by Gasteiger charge is -2.27. The summed E-state index contributed by atoms with van der Waals surface area (Å²) in [4.78, 5) is 4.53. The predicted octanol–water partition coefficient (Wildman–Crippen LogP) is 3.54. The molecule has 1 aromatic heterocycles. The van der Waals surface area contributed by atoms with Gasteiger partial charge >= 0.3 is 0 Å². The van der Waals surface area contributed by atoms with E-state index < -0.39 is 0 Å². The van der Waals surface area contributed by atoms with Crippen LogP contribution in [0.5, 0.6) is 5.75 Å². The van der Waals surface area contributed by atoms with Crippen molar-refractivity contribution in [1.29, 1.82) is 0 Å². The Balaban J connectivity index is 2.39. The third kappa shape index (κ3) is 2.99. The van der Waals surface area contributed by atoms with E-state index in [2.05, 4.69) is 41.5 Å². The molecule has 20 heavy (non-hydrogen) atoms. The van der Waals surface area contributed by atoms with Gasteiger partial charge in [-0.25, -0.2) is 0 Å². The van der Waals surface area contributed by atoms with Crippen molar-refractivity contribution in [2.75, 3.05) is 14.2 Å². The highest BCUT2D eigenvalue weighted by molar-refractivity contribution is 5.33. The van der Waals surface area contributed by atoms with Gasteiger partial charge in [0.05, 0.1) is 18.8 Å². The van der Waals surface area contributed by atoms with Crippen LogP contribution in [0.3, 0.4) is 0 Å². The van der Waals surface area contributed by atoms with Crippen LogP contribution >= 0.6 is 0 Å². The van der Waals surface area contributed by atoms with Gasteiger partial charge < -0.3 is 10.1 Å². The average Bonchev–Trinajstić information content (AvgIpc) is 2.53. The Labute approximate surface area is 121 Å². The number of benzene rings is 1. The molecule has 106 valence electrons. The van der Waals surface area contributed by atoms with E-state index in [1.54, 1.807) is 7.11 Å². The molecule has 2 aromatic rings. The van der Waals surface area contributed by atoms with Gasteiger partial charge in [-0.15, -0.1) is 0 Å². The maximum absolute atomic E-state index is 5.46. The fraction of sp³-hybridized carbons (Fsp3) is 0.353. The molecule has 3 heteroatoms. The number of aromatic nitrogens is 1. The summed E-state index contributed by atoms with van der Waals surface area (Å²) in [7, 11) is 3.67. The van der Waals surface area contributed by atoms with Crippen LogP contribution in [0.1, 0.15) is 36.6 Å². The number of nitrogens with zero attached hydrogens (tertiary/aromatic N) is 1. The molecule has 0 aliphatic rings. The van der Waals surface area contributed by atoms with Gasteiger partial charge in [-0.3, -0.25) is 4.98 Å². The van der Waals surface area contributed by atoms with E-state index in [1.165, 1.54) is 5.56 Å². The molecule has 0 bridgehead atoms. The lowest BCUT2D eigenvalue weighted by atomic mass is 9.87. The van der Waals surface area contributed by atoms with E-state index in [-0.39, 0.29) is 6.04 Å². The van der Waals surface area contributed by atoms with Gasteiger partial charge in [-0.1, -0.05) is 37.3 Å². The Kier molecular flexibility index (Phi) is 5.13. The first-order valence-corrected chi connectivity index (χ1v) is 7.02. The van der Waals surface area contributed by atoms with E-state index in [9.17, 15) is 0 Å². The maximum Gasteiger partial charge on any atom is 0.142 e. The van der Waals surface area contributed by atoms with Gasteiger partial charge in [0.15, 0.2) is 0 Å². The number of rotatable bonds is 6. The van der Waals surface area contributed by atoms with Crippen LogP contribution in [-0.2, 0) is 0 Å². The smallest absolute Gasteiger partial charge is 0.142 e. The van der Waals surface area contributed by atoms with E-state index >= 15 is 0 Å². The first-order chi connectivity index (χ1) is 9.81. The van der Waals surface area contributed by atoms with Crippen molar-refractivity contribution in [2.45, 2.75) is 25.3 Å². The molecular formula is C17H22N2O. The molecule has 1 heterocycles. The van der Waals surface area contributed by atoms with Crippen LogP contribution in [0.2, 0.25) is 0 Å². The number of methoxy groups -OCH3 is 1. The van der Waals surface area contributed by atoms with Crippen molar-refractivity contribution in [3.63, 3.8) is 0 Å². The van der Waals surface area contributed by atoms with Gasteiger partial charge in [0.2, 0.25) is 0 Å². The van der Waals surface area contributed by atoms with Crippen molar-refractivity contribution in [1.82, 2.24) is 10.3 Å². The van der Waals surface area contributed by atoms with Crippen LogP contribution < -0.4 is 10.1 Å². The summed E-state index contributed by atoms with van der Waals surface area (Å²) in [6.07, 6.45) is 2.86. The first-order valence-electron chi connectivity index (χ1n) is 7.02. The van der Waals surface area contributed by atoms with E-state index in [1.807, 2.05) is 31.4 Å². The minimum absolute atomic E-state index is 0.138. The fourth-order valence-corrected chi connectivity index (χ4v) is 2.70. The summed E-state index contributed by atoms with van der Waals surface area (Å²) in [5.41, 5.74) is 2.29. The minimum Gasteiger partial charge on any atom is -0.495 e. The normalized spacial score (nSPS) is 13.8. The van der Waals surface area contributed by atoms with Crippen molar-refractivity contribution in [2.24, 2.45) is 0 Å². The maximum atomic E-state index is 5.46. The Bertz CT molecular complexity index is 528. The van der Waals surface area contributed by atoms with Gasteiger partial charge in [0.25, 0.3) is 0 Å². The summed E-state index contributed by atoms with van der Waals surface area (Å²) in [6, 6.07) is 14.6. The molecule has 0 aliphatic carbocycles. The molecule has 3 nitrogen and oxygen atoms in total. The minimum atomic E-state index is 0.138. The number of likely N-dealkylation sites (N-methyl/N-ethyl adjacent to an activating group) is 1. The average molecular weight is 270 g/mol. The molecule has 0 aliphatic heterocycles. The highest BCUT2D eigenvalue weighted by Gasteiger charge is 2.25. The number of hydrogen-bond acceptors (Lipinski definition) is 3. The van der Waals surface area contributed by atoms with Crippen LogP contribution in [0.15, 0.2) is 48.7 Å². The van der Waals surface area contributed by atoms with Crippen LogP contribution in [0.25, 0.3) is 0 Å². The zero-order valence-electron chi connectivity index (χ0n) is 12.3. The number of hydrogen-bond donors (Lipinski definition) is 1. The molecule has 0 saturated heterocycles. The van der Waals surface area contributed by atoms with Crippen LogP contribution in [0.4, 0.5) is 0 Å². The molecular weight excluding hydrogens is 248 g/mol. The molecule has 2 atom stereocenters. The summed E-state index contributed by atoms with van der Waals surface area (Å²) in [5, 5.41) is 3.40. The zero-order valence-corrected chi connectivity index (χ0v) is 12.3. The van der Waals surface area contributed by atoms with Gasteiger partial charge in [0, 0.05) is 12.1 Å². The molecule has 1 aromatic carbocycles. The molecule has 0 amide bonds. The quantitative estimate of drug-likeness (QED) is 0.871. The van der Waals surface area contributed by atoms with Crippen molar-refractivity contribution < 1.29 is 4.74 Å². The van der Waals surface area contributed by atoms with Crippen molar-refractivity contribution >= 4 is 0 Å². The molecule has 2 rings (SSSR count). The topological polar surface area (TPSA) is 34.2 Å². The zero-order chi connectivity index (χ0) is 14.4. The highest BCUT2D eigenvalue weighted by atomic mass is 16.5. The Morgan fingerprint density at radius 2 is 1.90 bits per heavy atom. The second kappa shape index (κ2) is 7.06. The Hall–Kier alpha value is -1.87. The van der Waals surface area contributed by atoms with E-state index in [0.29, 0.717) is 5.92 Å². The lowest BCUT2D eigenvalue weighted by Crippen LogP contribution is -2.25. The lowest BCUT2D eigenvalue weighted by molar-refractivity contribution is 0.382. The third-order valence-corrected chi connectivity index (χ3v) is 3.70. The van der Waals surface area contributed by atoms with Crippen molar-refractivity contribution in [3.8, 4) is 5.75 Å². The molecule has 2 unspecified atom stereocenters. The molecule has 0 spiro atoms. The van der Waals surface area contributed by atoms with Gasteiger partial charge in [0.1, 0.15) is 5.75 Å². The standard InChI is InChI=1S/C17H22N2O/c1-4-14(13-9-6-5-7-10-13)16(18-2)17-15(20-3)11-8-12-19-17/h5-12,14,16,18H,4H2,1-3H3. The van der Waals surface area contributed by atoms with Crippen LogP contribution in [0, 0.1) is 0 Å². The monoisotopic (exact) mass is 270 g/mol. The number of pyridine rings is 1. The second-order valence-corrected chi connectivity index (χ2v) is 4.78. The molecule has 0 radical (unpaired) electrons. The molecule has 0 fully saturated rings. The predicted molar refractivity (Wildman–Crippen MR) is 82.1 cm³/mol. The Morgan fingerprint density at radius 3 is 2.50 bits per heavy atom. The van der Waals surface area contributed by atoms with Gasteiger partial charge in [-0.05, 0) is 31.2 Å². The van der Waals surface area contributed by atoms with E-state index in [4.69, 9.17) is 4.74 Å². The first kappa shape index (κ1) is 14.5. The Morgan fingerprint density at radius 1 is 1.15 bits per heavy atom. The molecule has 0 saturated carbocycles. The van der Waals surface area contributed by atoms with E-state index in [0.717, 1.165) is 17.9 Å². The fourth-order valence-electron chi connectivity index (χ4n) is 2.70. The molecule has 1 N–H and O–H groups in total. The summed E-state index contributed by atoms with van der Waals surface area (Å²) in [6.45, 7) is 2.21. The second-order valence-electron chi connectivity index (χ2n) is 4.78. The van der Waals surface area contributed by atoms with Crippen molar-refractivity contribution in [3.05, 3.63) is 59.9 Å². The summed E-state index contributed by atoms with van der Waals surface area (Å²) >= 11 is 0. The summed E-state index contributed by atoms with van der Waals surface area (Å²) in [5.74, 6) is 1.20. The largest absolute Gasteiger partial charge is 0.495 e. The third-order valence-electron chi connectivity index (χ3n) is 3.70. The SMILES string of the molecule is CCC(c1ccccc1)C(NC)c1ncccc1OC. The number of nitrogens with one attached hydrogen (secondary N) is 1.